The largest absolute Gasteiger partial charge is 0.481 e. The van der Waals surface area contributed by atoms with E-state index >= 15 is 0 Å². The smallest absolute Gasteiger partial charge is 0.478 e. The Bertz CT molecular complexity index is 755. The second-order valence-corrected chi connectivity index (χ2v) is 7.51. The molecule has 3 N–H and O–H groups in total. The molecule has 0 bridgehead atoms. The third kappa shape index (κ3) is 5.41. The number of benzene rings is 1. The summed E-state index contributed by atoms with van der Waals surface area (Å²) in [4.78, 5) is 23.3. The van der Waals surface area contributed by atoms with Crippen LogP contribution in [0, 0.1) is 0 Å². The van der Waals surface area contributed by atoms with Crippen molar-refractivity contribution >= 4 is 30.3 Å². The first kappa shape index (κ1) is 19.6. The van der Waals surface area contributed by atoms with Gasteiger partial charge in [0.15, 0.2) is 0 Å². The van der Waals surface area contributed by atoms with E-state index in [1.807, 2.05) is 47.2 Å². The molecule has 3 rings (SSSR count). The maximum atomic E-state index is 12.3. The highest BCUT2D eigenvalue weighted by molar-refractivity contribution is 7.08. The number of hydrogen-bond donors (Lipinski definition) is 3. The Labute approximate surface area is 162 Å². The van der Waals surface area contributed by atoms with E-state index in [-0.39, 0.29) is 24.7 Å². The number of carboxylic acid groups (broad SMARTS) is 1. The number of amides is 1. The molecule has 1 aliphatic heterocycles. The third-order valence-electron chi connectivity index (χ3n) is 4.78. The third-order valence-corrected chi connectivity index (χ3v) is 5.51. The minimum absolute atomic E-state index is 0.0318. The van der Waals surface area contributed by atoms with Gasteiger partial charge in [-0.05, 0) is 40.8 Å². The minimum atomic E-state index is -1.16. The van der Waals surface area contributed by atoms with Crippen molar-refractivity contribution in [2.75, 3.05) is 0 Å². The first-order valence-electron chi connectivity index (χ1n) is 8.93. The lowest BCUT2D eigenvalue weighted by molar-refractivity contribution is -0.137. The van der Waals surface area contributed by atoms with Crippen molar-refractivity contribution in [1.82, 2.24) is 5.32 Å². The van der Waals surface area contributed by atoms with Gasteiger partial charge in [0.25, 0.3) is 0 Å². The van der Waals surface area contributed by atoms with Crippen molar-refractivity contribution in [3.63, 3.8) is 0 Å². The van der Waals surface area contributed by atoms with Crippen LogP contribution in [-0.2, 0) is 20.7 Å². The van der Waals surface area contributed by atoms with Crippen molar-refractivity contribution < 1.29 is 24.4 Å². The molecule has 3 atom stereocenters. The second kappa shape index (κ2) is 9.17. The number of carboxylic acids is 1. The van der Waals surface area contributed by atoms with Crippen LogP contribution in [0.4, 0.5) is 0 Å². The quantitative estimate of drug-likeness (QED) is 0.634. The topological polar surface area (TPSA) is 95.9 Å². The van der Waals surface area contributed by atoms with Gasteiger partial charge in [-0.3, -0.25) is 9.59 Å². The lowest BCUT2D eigenvalue weighted by Gasteiger charge is -2.38. The summed E-state index contributed by atoms with van der Waals surface area (Å²) in [6.45, 7) is 0. The molecule has 1 fully saturated rings. The summed E-state index contributed by atoms with van der Waals surface area (Å²) in [7, 11) is -1.16. The number of nitrogens with one attached hydrogen (secondary N) is 1. The molecule has 1 unspecified atom stereocenters. The normalized spacial score (nSPS) is 22.4. The zero-order chi connectivity index (χ0) is 19.2. The van der Waals surface area contributed by atoms with E-state index < -0.39 is 25.1 Å². The number of rotatable bonds is 7. The van der Waals surface area contributed by atoms with Gasteiger partial charge in [0, 0.05) is 12.3 Å². The maximum Gasteiger partial charge on any atom is 0.478 e. The average Bonchev–Trinajstić information content (AvgIpc) is 3.15. The van der Waals surface area contributed by atoms with Gasteiger partial charge in [-0.25, -0.2) is 0 Å². The number of aliphatic carboxylic acids is 1. The monoisotopic (exact) mass is 387 g/mol. The summed E-state index contributed by atoms with van der Waals surface area (Å²) in [5.41, 5.74) is 1.94. The van der Waals surface area contributed by atoms with E-state index in [1.54, 1.807) is 0 Å². The molecule has 0 spiro atoms. The fourth-order valence-corrected chi connectivity index (χ4v) is 4.13. The summed E-state index contributed by atoms with van der Waals surface area (Å²) in [5.74, 6) is -1.70. The van der Waals surface area contributed by atoms with Gasteiger partial charge >= 0.3 is 13.1 Å². The van der Waals surface area contributed by atoms with Gasteiger partial charge in [-0.1, -0.05) is 30.3 Å². The van der Waals surface area contributed by atoms with Crippen LogP contribution in [0.5, 0.6) is 0 Å². The van der Waals surface area contributed by atoms with Crippen LogP contribution in [-0.4, -0.2) is 41.2 Å². The molecule has 27 heavy (non-hydrogen) atoms. The predicted octanol–water partition coefficient (Wildman–Crippen LogP) is 2.23. The summed E-state index contributed by atoms with van der Waals surface area (Å²) < 4.78 is 5.73. The van der Waals surface area contributed by atoms with Crippen LogP contribution >= 0.6 is 11.3 Å². The highest BCUT2D eigenvalue weighted by Gasteiger charge is 2.42. The molecular formula is C19H22BNO5S. The number of carbonyl (C=O) groups excluding carboxylic acids is 1. The standard InChI is InChI=1S/C19H22BNO5S/c22-18(10-13-8-9-27-12-13)21-17-11-15(14-4-2-1-3-5-14)16(26-20(17)25)6-7-19(23)24/h1-5,8-9,12,15-17,25H,6-7,10-11H2,(H,21,22)(H,23,24)/t15?,16-,17+/m1/s1. The molecule has 1 aliphatic rings. The van der Waals surface area contributed by atoms with Crippen molar-refractivity contribution in [3.8, 4) is 0 Å². The van der Waals surface area contributed by atoms with Crippen LogP contribution in [0.2, 0.25) is 0 Å². The molecule has 142 valence electrons. The maximum absolute atomic E-state index is 12.3. The van der Waals surface area contributed by atoms with E-state index in [2.05, 4.69) is 5.32 Å². The lowest BCUT2D eigenvalue weighted by Crippen LogP contribution is -2.55. The van der Waals surface area contributed by atoms with Crippen molar-refractivity contribution in [3.05, 3.63) is 58.3 Å². The van der Waals surface area contributed by atoms with Gasteiger partial charge in [0.1, 0.15) is 0 Å². The Morgan fingerprint density at radius 2 is 2.04 bits per heavy atom. The van der Waals surface area contributed by atoms with E-state index in [0.29, 0.717) is 12.8 Å². The summed E-state index contributed by atoms with van der Waals surface area (Å²) >= 11 is 1.53. The first-order valence-corrected chi connectivity index (χ1v) is 9.88. The van der Waals surface area contributed by atoms with Gasteiger partial charge < -0.3 is 20.1 Å². The van der Waals surface area contributed by atoms with Gasteiger partial charge in [0.2, 0.25) is 5.91 Å². The SMILES string of the molecule is O=C(O)CC[C@H]1OB(O)[C@@H](NC(=O)Cc2ccsc2)CC1c1ccccc1. The highest BCUT2D eigenvalue weighted by atomic mass is 32.1. The van der Waals surface area contributed by atoms with Crippen molar-refractivity contribution in [2.24, 2.45) is 0 Å². The summed E-state index contributed by atoms with van der Waals surface area (Å²) in [5, 5.41) is 26.0. The van der Waals surface area contributed by atoms with Crippen LogP contribution in [0.15, 0.2) is 47.2 Å². The first-order chi connectivity index (χ1) is 13.0. The Balaban J connectivity index is 1.69. The fraction of sp³-hybridized carbons (Fsp3) is 0.368. The molecule has 1 amide bonds. The molecule has 0 radical (unpaired) electrons. The van der Waals surface area contributed by atoms with Crippen LogP contribution in [0.25, 0.3) is 0 Å². The molecule has 1 aromatic carbocycles. The number of hydrogen-bond acceptors (Lipinski definition) is 5. The molecule has 6 nitrogen and oxygen atoms in total. The molecule has 1 saturated heterocycles. The minimum Gasteiger partial charge on any atom is -0.481 e. The molecule has 2 aromatic rings. The predicted molar refractivity (Wildman–Crippen MR) is 103 cm³/mol. The van der Waals surface area contributed by atoms with Crippen LogP contribution in [0.3, 0.4) is 0 Å². The van der Waals surface area contributed by atoms with Crippen molar-refractivity contribution in [1.29, 1.82) is 0 Å². The van der Waals surface area contributed by atoms with E-state index in [9.17, 15) is 14.6 Å². The highest BCUT2D eigenvalue weighted by Crippen LogP contribution is 2.34. The van der Waals surface area contributed by atoms with Crippen LogP contribution in [0.1, 0.15) is 36.3 Å². The molecule has 2 heterocycles. The van der Waals surface area contributed by atoms with Crippen molar-refractivity contribution in [2.45, 2.75) is 43.6 Å². The Morgan fingerprint density at radius 1 is 1.26 bits per heavy atom. The summed E-state index contributed by atoms with van der Waals surface area (Å²) in [6, 6.07) is 11.6. The summed E-state index contributed by atoms with van der Waals surface area (Å²) in [6.07, 6.45) is 0.608. The Hall–Kier alpha value is -2.16. The van der Waals surface area contributed by atoms with E-state index in [1.165, 1.54) is 11.3 Å². The lowest BCUT2D eigenvalue weighted by atomic mass is 9.67. The molecular weight excluding hydrogens is 365 g/mol. The van der Waals surface area contributed by atoms with Crippen LogP contribution < -0.4 is 5.32 Å². The number of carbonyl (C=O) groups is 2. The van der Waals surface area contributed by atoms with Gasteiger partial charge in [-0.2, -0.15) is 11.3 Å². The molecule has 8 heteroatoms. The second-order valence-electron chi connectivity index (χ2n) is 6.73. The average molecular weight is 387 g/mol. The molecule has 1 aromatic heterocycles. The molecule has 0 aliphatic carbocycles. The van der Waals surface area contributed by atoms with Gasteiger partial charge in [0.05, 0.1) is 18.5 Å². The fourth-order valence-electron chi connectivity index (χ4n) is 3.46. The Kier molecular flexibility index (Phi) is 6.66. The zero-order valence-electron chi connectivity index (χ0n) is 14.8. The van der Waals surface area contributed by atoms with E-state index in [0.717, 1.165) is 11.1 Å². The van der Waals surface area contributed by atoms with Gasteiger partial charge in [-0.15, -0.1) is 0 Å². The Morgan fingerprint density at radius 3 is 2.70 bits per heavy atom. The number of thiophene rings is 1. The molecule has 0 saturated carbocycles. The van der Waals surface area contributed by atoms with E-state index in [4.69, 9.17) is 9.76 Å². The zero-order valence-corrected chi connectivity index (χ0v) is 15.6.